The summed E-state index contributed by atoms with van der Waals surface area (Å²) in [6.45, 7) is 5.28. The summed E-state index contributed by atoms with van der Waals surface area (Å²) in [5, 5.41) is 0. The van der Waals surface area contributed by atoms with Gasteiger partial charge >= 0.3 is 11.9 Å². The van der Waals surface area contributed by atoms with Crippen LogP contribution in [0.4, 0.5) is 0 Å². The highest BCUT2D eigenvalue weighted by Gasteiger charge is 2.19. The molecule has 0 rings (SSSR count). The number of hydrogen-bond donors (Lipinski definition) is 2. The van der Waals surface area contributed by atoms with E-state index in [2.05, 4.69) is 13.8 Å². The van der Waals surface area contributed by atoms with Crippen molar-refractivity contribution in [1.82, 2.24) is 0 Å². The van der Waals surface area contributed by atoms with Gasteiger partial charge in [-0.25, -0.2) is 0 Å². The molecule has 0 bridgehead atoms. The summed E-state index contributed by atoms with van der Waals surface area (Å²) in [4.78, 5) is 23.8. The molecule has 0 fully saturated rings. The predicted octanol–water partition coefficient (Wildman–Crippen LogP) is 7.14. The topological polar surface area (TPSA) is 133 Å². The van der Waals surface area contributed by atoms with Crippen molar-refractivity contribution in [1.29, 1.82) is 0 Å². The second kappa shape index (κ2) is 28.8. The summed E-state index contributed by atoms with van der Waals surface area (Å²) < 4.78 is 36.3. The van der Waals surface area contributed by atoms with Crippen LogP contribution in [-0.2, 0) is 29.2 Å². The van der Waals surface area contributed by atoms with E-state index in [1.165, 1.54) is 103 Å². The molecular formula is C29H59NO7S. The zero-order chi connectivity index (χ0) is 28.9. The fourth-order valence-corrected chi connectivity index (χ4v) is 3.97. The maximum absolute atomic E-state index is 11.9. The number of unbranched alkanes of at least 4 members (excludes halogenated alkanes) is 18. The van der Waals surface area contributed by atoms with Crippen molar-refractivity contribution in [3.8, 4) is 0 Å². The van der Waals surface area contributed by atoms with Crippen molar-refractivity contribution in [2.45, 2.75) is 155 Å². The van der Waals surface area contributed by atoms with Crippen molar-refractivity contribution in [3.05, 3.63) is 0 Å². The van der Waals surface area contributed by atoms with Gasteiger partial charge in [-0.15, -0.1) is 0 Å². The summed E-state index contributed by atoms with van der Waals surface area (Å²) in [6, 6.07) is -0.923. The van der Waals surface area contributed by atoms with E-state index in [1.807, 2.05) is 0 Å². The molecule has 0 aliphatic heterocycles. The molecule has 8 nitrogen and oxygen atoms in total. The highest BCUT2D eigenvalue weighted by Crippen LogP contribution is 2.12. The molecule has 0 aliphatic carbocycles. The monoisotopic (exact) mass is 565 g/mol. The minimum absolute atomic E-state index is 0.103. The van der Waals surface area contributed by atoms with Gasteiger partial charge in [-0.3, -0.25) is 14.1 Å². The zero-order valence-corrected chi connectivity index (χ0v) is 25.5. The first-order valence-corrected chi connectivity index (χ1v) is 17.0. The summed E-state index contributed by atoms with van der Waals surface area (Å²) in [5.74, 6) is -0.906. The smallest absolute Gasteiger partial charge is 0.323 e. The van der Waals surface area contributed by atoms with Crippen molar-refractivity contribution in [3.63, 3.8) is 0 Å². The lowest BCUT2D eigenvalue weighted by atomic mass is 10.1. The Hall–Kier alpha value is -1.19. The second-order valence-electron chi connectivity index (χ2n) is 10.3. The van der Waals surface area contributed by atoms with Crippen LogP contribution in [0.25, 0.3) is 0 Å². The number of hydrogen-bond acceptors (Lipinski definition) is 7. The summed E-state index contributed by atoms with van der Waals surface area (Å²) in [5.41, 5.74) is 5.80. The van der Waals surface area contributed by atoms with Crippen LogP contribution < -0.4 is 5.73 Å². The average Bonchev–Trinajstić information content (AvgIpc) is 2.84. The second-order valence-corrected chi connectivity index (χ2v) is 11.8. The van der Waals surface area contributed by atoms with Crippen LogP contribution in [0.15, 0.2) is 0 Å². The molecular weight excluding hydrogens is 506 g/mol. The minimum atomic E-state index is -3.67. The SMILES string of the molecule is CCCCCCCCCCCCOC(=O)CC(N)C(=O)OCCCCCCCCCCCC.CS(=O)(=O)O. The van der Waals surface area contributed by atoms with Crippen LogP contribution in [0.1, 0.15) is 149 Å². The van der Waals surface area contributed by atoms with E-state index < -0.39 is 28.1 Å². The molecule has 0 amide bonds. The van der Waals surface area contributed by atoms with Gasteiger partial charge in [0.1, 0.15) is 6.04 Å². The van der Waals surface area contributed by atoms with E-state index in [1.54, 1.807) is 0 Å². The lowest BCUT2D eigenvalue weighted by Crippen LogP contribution is -2.35. The largest absolute Gasteiger partial charge is 0.466 e. The first kappa shape index (κ1) is 39.0. The standard InChI is InChI=1S/C28H55NO4.CH4O3S/c1-3-5-7-9-11-13-15-17-19-21-23-32-27(30)25-26(29)28(31)33-24-22-20-18-16-14-12-10-8-6-4-2;1-5(2,3)4/h26H,3-25,29H2,1-2H3;1H3,(H,2,3,4). The van der Waals surface area contributed by atoms with Gasteiger partial charge in [0.25, 0.3) is 10.1 Å². The third-order valence-electron chi connectivity index (χ3n) is 6.19. The van der Waals surface area contributed by atoms with Gasteiger partial charge in [0.05, 0.1) is 25.9 Å². The third-order valence-corrected chi connectivity index (χ3v) is 6.19. The Bertz CT molecular complexity index is 633. The Balaban J connectivity index is 0. The maximum atomic E-state index is 11.9. The first-order chi connectivity index (χ1) is 18.1. The first-order valence-electron chi connectivity index (χ1n) is 15.1. The molecule has 0 saturated carbocycles. The summed E-state index contributed by atoms with van der Waals surface area (Å²) in [6.07, 6.45) is 25.4. The highest BCUT2D eigenvalue weighted by molar-refractivity contribution is 7.85. The van der Waals surface area contributed by atoms with Crippen LogP contribution in [0.5, 0.6) is 0 Å². The van der Waals surface area contributed by atoms with E-state index in [4.69, 9.17) is 19.8 Å². The van der Waals surface area contributed by atoms with E-state index in [9.17, 15) is 18.0 Å². The van der Waals surface area contributed by atoms with Gasteiger partial charge in [0.2, 0.25) is 0 Å². The summed E-state index contributed by atoms with van der Waals surface area (Å²) >= 11 is 0. The van der Waals surface area contributed by atoms with Crippen molar-refractivity contribution >= 4 is 22.1 Å². The lowest BCUT2D eigenvalue weighted by Gasteiger charge is -2.11. The molecule has 0 spiro atoms. The number of nitrogens with two attached hydrogens (primary N) is 1. The molecule has 9 heteroatoms. The van der Waals surface area contributed by atoms with Gasteiger partial charge in [-0.1, -0.05) is 129 Å². The highest BCUT2D eigenvalue weighted by atomic mass is 32.2. The molecule has 0 aromatic carbocycles. The van der Waals surface area contributed by atoms with E-state index in [0.717, 1.165) is 25.7 Å². The quantitative estimate of drug-likeness (QED) is 0.0678. The molecule has 0 heterocycles. The van der Waals surface area contributed by atoms with Crippen LogP contribution in [0, 0.1) is 0 Å². The van der Waals surface area contributed by atoms with E-state index >= 15 is 0 Å². The number of carbonyl (C=O) groups excluding carboxylic acids is 2. The Morgan fingerprint density at radius 2 is 0.921 bits per heavy atom. The van der Waals surface area contributed by atoms with Gasteiger partial charge in [-0.2, -0.15) is 8.42 Å². The predicted molar refractivity (Wildman–Crippen MR) is 156 cm³/mol. The third kappa shape index (κ3) is 37.0. The van der Waals surface area contributed by atoms with Crippen LogP contribution >= 0.6 is 0 Å². The Labute approximate surface area is 233 Å². The number of esters is 2. The maximum Gasteiger partial charge on any atom is 0.323 e. The van der Waals surface area contributed by atoms with Crippen molar-refractivity contribution in [2.75, 3.05) is 19.5 Å². The molecule has 38 heavy (non-hydrogen) atoms. The van der Waals surface area contributed by atoms with Gasteiger partial charge in [0, 0.05) is 0 Å². The van der Waals surface area contributed by atoms with Crippen LogP contribution in [0.2, 0.25) is 0 Å². The van der Waals surface area contributed by atoms with Crippen LogP contribution in [0.3, 0.4) is 0 Å². The molecule has 228 valence electrons. The fraction of sp³-hybridized carbons (Fsp3) is 0.931. The van der Waals surface area contributed by atoms with Gasteiger partial charge in [-0.05, 0) is 12.8 Å². The summed E-state index contributed by atoms with van der Waals surface area (Å²) in [7, 11) is -3.67. The van der Waals surface area contributed by atoms with Gasteiger partial charge in [0.15, 0.2) is 0 Å². The molecule has 0 aromatic rings. The molecule has 1 atom stereocenters. The van der Waals surface area contributed by atoms with Crippen LogP contribution in [-0.4, -0.2) is 50.4 Å². The van der Waals surface area contributed by atoms with Crippen molar-refractivity contribution in [2.24, 2.45) is 5.73 Å². The van der Waals surface area contributed by atoms with Crippen molar-refractivity contribution < 1.29 is 32.0 Å². The van der Waals surface area contributed by atoms with E-state index in [-0.39, 0.29) is 6.42 Å². The molecule has 0 saturated heterocycles. The number of rotatable bonds is 25. The molecule has 3 N–H and O–H groups in total. The Morgan fingerprint density at radius 3 is 1.26 bits per heavy atom. The Morgan fingerprint density at radius 1 is 0.632 bits per heavy atom. The molecule has 1 unspecified atom stereocenters. The lowest BCUT2D eigenvalue weighted by molar-refractivity contribution is -0.152. The average molecular weight is 566 g/mol. The normalized spacial score (nSPS) is 11.9. The molecule has 0 radical (unpaired) electrons. The van der Waals surface area contributed by atoms with E-state index in [0.29, 0.717) is 19.5 Å². The number of ether oxygens (including phenoxy) is 2. The zero-order valence-electron chi connectivity index (χ0n) is 24.7. The molecule has 0 aromatic heterocycles. The molecule has 0 aliphatic rings. The fourth-order valence-electron chi connectivity index (χ4n) is 3.97. The number of carbonyl (C=O) groups is 2. The Kier molecular flexibility index (Phi) is 29.5. The van der Waals surface area contributed by atoms with Gasteiger partial charge < -0.3 is 15.2 Å². The minimum Gasteiger partial charge on any atom is -0.466 e.